The molecule has 1 heterocycles. The van der Waals surface area contributed by atoms with Crippen molar-refractivity contribution in [1.82, 2.24) is 4.90 Å². The molecule has 1 aromatic rings. The third-order valence-electron chi connectivity index (χ3n) is 2.88. The van der Waals surface area contributed by atoms with Gasteiger partial charge in [0.25, 0.3) is 0 Å². The van der Waals surface area contributed by atoms with Crippen LogP contribution in [0.5, 0.6) is 0 Å². The van der Waals surface area contributed by atoms with Gasteiger partial charge in [-0.3, -0.25) is 4.90 Å². The van der Waals surface area contributed by atoms with Gasteiger partial charge < -0.3 is 10.2 Å². The molecule has 3 nitrogen and oxygen atoms in total. The Morgan fingerprint density at radius 2 is 1.72 bits per heavy atom. The number of rotatable bonds is 7. The zero-order valence-corrected chi connectivity index (χ0v) is 12.5. The molecule has 0 radical (unpaired) electrons. The Morgan fingerprint density at radius 1 is 1.17 bits per heavy atom. The van der Waals surface area contributed by atoms with Crippen LogP contribution >= 0.6 is 0 Å². The summed E-state index contributed by atoms with van der Waals surface area (Å²) in [5.74, 6) is 3.30. The molecule has 3 heteroatoms. The van der Waals surface area contributed by atoms with Gasteiger partial charge in [0.15, 0.2) is 0 Å². The highest BCUT2D eigenvalue weighted by Gasteiger charge is 2.13. The normalized spacial score (nSPS) is 12.1. The molecule has 0 aliphatic rings. The number of nitrogens with two attached hydrogens (primary N) is 1. The highest BCUT2D eigenvalue weighted by molar-refractivity contribution is 5.19. The van der Waals surface area contributed by atoms with Crippen LogP contribution in [0.4, 0.5) is 0 Å². The molecule has 0 fully saturated rings. The van der Waals surface area contributed by atoms with Crippen LogP contribution in [0.25, 0.3) is 0 Å². The van der Waals surface area contributed by atoms with E-state index in [1.807, 2.05) is 0 Å². The minimum absolute atomic E-state index is 0.486. The summed E-state index contributed by atoms with van der Waals surface area (Å²) in [4.78, 5) is 2.47. The van der Waals surface area contributed by atoms with Gasteiger partial charge in [-0.15, -0.1) is 0 Å². The molecule has 0 bridgehead atoms. The van der Waals surface area contributed by atoms with Gasteiger partial charge in [0.1, 0.15) is 11.5 Å². The van der Waals surface area contributed by atoms with Crippen molar-refractivity contribution in [3.8, 4) is 0 Å². The Labute approximate surface area is 111 Å². The number of furan rings is 1. The summed E-state index contributed by atoms with van der Waals surface area (Å²) in [7, 11) is 0. The summed E-state index contributed by atoms with van der Waals surface area (Å²) in [6.07, 6.45) is 0. The molecular weight excluding hydrogens is 224 g/mol. The van der Waals surface area contributed by atoms with E-state index in [0.717, 1.165) is 31.2 Å². The zero-order valence-electron chi connectivity index (χ0n) is 12.5. The molecule has 0 aromatic carbocycles. The zero-order chi connectivity index (χ0) is 13.7. The van der Waals surface area contributed by atoms with Crippen LogP contribution in [0.3, 0.4) is 0 Å². The Balaban J connectivity index is 2.68. The smallest absolute Gasteiger partial charge is 0.120 e. The van der Waals surface area contributed by atoms with E-state index >= 15 is 0 Å². The molecule has 0 amide bonds. The van der Waals surface area contributed by atoms with E-state index in [2.05, 4.69) is 45.6 Å². The molecule has 0 aliphatic carbocycles. The first-order chi connectivity index (χ1) is 8.42. The standard InChI is InChI=1S/C15H28N2O/c1-11(2)8-17(9-12(3)4)10-14-6-13(5)15(7-16)18-14/h6,11-12H,7-10,16H2,1-5H3. The molecule has 1 rings (SSSR count). The third-order valence-corrected chi connectivity index (χ3v) is 2.88. The van der Waals surface area contributed by atoms with Gasteiger partial charge in [-0.25, -0.2) is 0 Å². The quantitative estimate of drug-likeness (QED) is 0.810. The molecule has 18 heavy (non-hydrogen) atoms. The van der Waals surface area contributed by atoms with Crippen molar-refractivity contribution in [2.75, 3.05) is 13.1 Å². The summed E-state index contributed by atoms with van der Waals surface area (Å²) in [6.45, 7) is 14.7. The Hall–Kier alpha value is -0.800. The van der Waals surface area contributed by atoms with Crippen LogP contribution in [0.1, 0.15) is 44.8 Å². The van der Waals surface area contributed by atoms with Crippen molar-refractivity contribution in [2.45, 2.75) is 47.7 Å². The molecule has 0 unspecified atom stereocenters. The molecule has 104 valence electrons. The summed E-state index contributed by atoms with van der Waals surface area (Å²) < 4.78 is 5.79. The van der Waals surface area contributed by atoms with Crippen molar-refractivity contribution in [3.05, 3.63) is 23.2 Å². The molecular formula is C15H28N2O. The van der Waals surface area contributed by atoms with E-state index in [-0.39, 0.29) is 0 Å². The Morgan fingerprint density at radius 3 is 2.11 bits per heavy atom. The minimum Gasteiger partial charge on any atom is -0.463 e. The lowest BCUT2D eigenvalue weighted by atomic mass is 10.1. The SMILES string of the molecule is Cc1cc(CN(CC(C)C)CC(C)C)oc1CN. The maximum Gasteiger partial charge on any atom is 0.120 e. The van der Waals surface area contributed by atoms with Gasteiger partial charge in [-0.1, -0.05) is 27.7 Å². The maximum absolute atomic E-state index is 5.79. The third kappa shape index (κ3) is 4.83. The number of hydrogen-bond acceptors (Lipinski definition) is 3. The van der Waals surface area contributed by atoms with E-state index in [1.54, 1.807) is 0 Å². The second-order valence-electron chi connectivity index (χ2n) is 6.00. The summed E-state index contributed by atoms with van der Waals surface area (Å²) in [5.41, 5.74) is 6.82. The van der Waals surface area contributed by atoms with Gasteiger partial charge in [-0.05, 0) is 30.4 Å². The number of aryl methyl sites for hydroxylation is 1. The van der Waals surface area contributed by atoms with Crippen molar-refractivity contribution in [2.24, 2.45) is 17.6 Å². The monoisotopic (exact) mass is 252 g/mol. The molecule has 0 aliphatic heterocycles. The average molecular weight is 252 g/mol. The fraction of sp³-hybridized carbons (Fsp3) is 0.733. The van der Waals surface area contributed by atoms with E-state index in [4.69, 9.17) is 10.2 Å². The lowest BCUT2D eigenvalue weighted by Gasteiger charge is -2.25. The van der Waals surface area contributed by atoms with Crippen LogP contribution in [0.15, 0.2) is 10.5 Å². The molecule has 1 aromatic heterocycles. The van der Waals surface area contributed by atoms with Crippen LogP contribution < -0.4 is 5.73 Å². The predicted octanol–water partition coefficient (Wildman–Crippen LogP) is 3.16. The topological polar surface area (TPSA) is 42.4 Å². The van der Waals surface area contributed by atoms with Crippen LogP contribution in [0.2, 0.25) is 0 Å². The number of hydrogen-bond donors (Lipinski definition) is 1. The summed E-state index contributed by atoms with van der Waals surface area (Å²) in [5, 5.41) is 0. The molecule has 0 spiro atoms. The first kappa shape index (κ1) is 15.3. The highest BCUT2D eigenvalue weighted by atomic mass is 16.3. The maximum atomic E-state index is 5.79. The van der Waals surface area contributed by atoms with Gasteiger partial charge in [0.2, 0.25) is 0 Å². The fourth-order valence-electron chi connectivity index (χ4n) is 2.33. The van der Waals surface area contributed by atoms with Gasteiger partial charge in [0.05, 0.1) is 13.1 Å². The molecule has 0 saturated carbocycles. The van der Waals surface area contributed by atoms with Gasteiger partial charge in [0, 0.05) is 13.1 Å². The van der Waals surface area contributed by atoms with E-state index in [0.29, 0.717) is 18.4 Å². The van der Waals surface area contributed by atoms with E-state index in [9.17, 15) is 0 Å². The second kappa shape index (κ2) is 6.95. The van der Waals surface area contributed by atoms with Crippen molar-refractivity contribution in [1.29, 1.82) is 0 Å². The minimum atomic E-state index is 0.486. The van der Waals surface area contributed by atoms with Crippen LogP contribution in [0, 0.1) is 18.8 Å². The molecule has 0 atom stereocenters. The van der Waals surface area contributed by atoms with Crippen molar-refractivity contribution >= 4 is 0 Å². The van der Waals surface area contributed by atoms with Crippen LogP contribution in [-0.4, -0.2) is 18.0 Å². The van der Waals surface area contributed by atoms with Gasteiger partial charge in [-0.2, -0.15) is 0 Å². The van der Waals surface area contributed by atoms with Crippen molar-refractivity contribution < 1.29 is 4.42 Å². The predicted molar refractivity (Wildman–Crippen MR) is 76.3 cm³/mol. The molecule has 0 saturated heterocycles. The van der Waals surface area contributed by atoms with Crippen molar-refractivity contribution in [3.63, 3.8) is 0 Å². The van der Waals surface area contributed by atoms with E-state index < -0.39 is 0 Å². The number of nitrogens with zero attached hydrogens (tertiary/aromatic N) is 1. The highest BCUT2D eigenvalue weighted by Crippen LogP contribution is 2.17. The average Bonchev–Trinajstić information content (AvgIpc) is 2.56. The molecule has 2 N–H and O–H groups in total. The second-order valence-corrected chi connectivity index (χ2v) is 6.00. The Kier molecular flexibility index (Phi) is 5.89. The first-order valence-corrected chi connectivity index (χ1v) is 6.93. The van der Waals surface area contributed by atoms with Crippen LogP contribution in [-0.2, 0) is 13.1 Å². The summed E-state index contributed by atoms with van der Waals surface area (Å²) in [6, 6.07) is 2.12. The largest absolute Gasteiger partial charge is 0.463 e. The van der Waals surface area contributed by atoms with Gasteiger partial charge >= 0.3 is 0 Å². The summed E-state index contributed by atoms with van der Waals surface area (Å²) >= 11 is 0. The fourth-order valence-corrected chi connectivity index (χ4v) is 2.33. The first-order valence-electron chi connectivity index (χ1n) is 6.93. The Bertz CT molecular complexity index is 345. The lowest BCUT2D eigenvalue weighted by molar-refractivity contribution is 0.195. The lowest BCUT2D eigenvalue weighted by Crippen LogP contribution is -2.30. The van der Waals surface area contributed by atoms with E-state index in [1.165, 1.54) is 5.56 Å².